The summed E-state index contributed by atoms with van der Waals surface area (Å²) in [5, 5.41) is 6.32. The van der Waals surface area contributed by atoms with Crippen molar-refractivity contribution in [2.75, 3.05) is 13.1 Å². The minimum absolute atomic E-state index is 0.0909. The molecule has 0 bridgehead atoms. The molecule has 2 atom stereocenters. The molecule has 2 aliphatic rings. The fraction of sp³-hybridized carbons (Fsp3) is 0.900. The lowest BCUT2D eigenvalue weighted by Crippen LogP contribution is -2.44. The molecule has 150 valence electrons. The van der Waals surface area contributed by atoms with Crippen LogP contribution in [-0.4, -0.2) is 49.3 Å². The van der Waals surface area contributed by atoms with E-state index in [9.17, 15) is 9.59 Å². The maximum atomic E-state index is 12.1. The second-order valence-corrected chi connectivity index (χ2v) is 7.75. The van der Waals surface area contributed by atoms with Crippen LogP contribution in [0.25, 0.3) is 0 Å². The van der Waals surface area contributed by atoms with Gasteiger partial charge in [0.2, 0.25) is 0 Å². The first-order valence-electron chi connectivity index (χ1n) is 10.4. The Bertz CT molecular complexity index is 392. The van der Waals surface area contributed by atoms with E-state index in [-0.39, 0.29) is 36.2 Å². The van der Waals surface area contributed by atoms with Crippen LogP contribution >= 0.6 is 0 Å². The van der Waals surface area contributed by atoms with Gasteiger partial charge in [-0.3, -0.25) is 9.59 Å². The van der Waals surface area contributed by atoms with E-state index in [2.05, 4.69) is 10.6 Å². The zero-order valence-electron chi connectivity index (χ0n) is 16.4. The third-order valence-electron chi connectivity index (χ3n) is 5.40. The van der Waals surface area contributed by atoms with Crippen molar-refractivity contribution < 1.29 is 19.1 Å². The molecule has 0 aromatic heterocycles. The van der Waals surface area contributed by atoms with E-state index in [0.717, 1.165) is 51.4 Å². The normalized spacial score (nSPS) is 21.8. The van der Waals surface area contributed by atoms with Crippen LogP contribution in [0.5, 0.6) is 0 Å². The summed E-state index contributed by atoms with van der Waals surface area (Å²) in [7, 11) is 0. The number of nitrogens with one attached hydrogen (secondary N) is 2. The minimum Gasteiger partial charge on any atom is -0.461 e. The van der Waals surface area contributed by atoms with Gasteiger partial charge < -0.3 is 20.1 Å². The fourth-order valence-electron chi connectivity index (χ4n) is 3.64. The Hall–Kier alpha value is -1.14. The summed E-state index contributed by atoms with van der Waals surface area (Å²) in [6, 6.07) is -0.661. The first kappa shape index (κ1) is 21.2. The van der Waals surface area contributed by atoms with Gasteiger partial charge in [0.25, 0.3) is 0 Å². The highest BCUT2D eigenvalue weighted by Crippen LogP contribution is 2.21. The maximum absolute atomic E-state index is 12.1. The van der Waals surface area contributed by atoms with Crippen LogP contribution in [0.3, 0.4) is 0 Å². The van der Waals surface area contributed by atoms with E-state index in [1.165, 1.54) is 12.8 Å². The maximum Gasteiger partial charge on any atom is 0.323 e. The first-order valence-corrected chi connectivity index (χ1v) is 10.4. The Labute approximate surface area is 157 Å². The molecule has 0 amide bonds. The topological polar surface area (TPSA) is 76.7 Å². The van der Waals surface area contributed by atoms with Crippen molar-refractivity contribution in [3.63, 3.8) is 0 Å². The second kappa shape index (κ2) is 11.5. The van der Waals surface area contributed by atoms with E-state index in [4.69, 9.17) is 9.47 Å². The van der Waals surface area contributed by atoms with Crippen molar-refractivity contribution in [3.8, 4) is 0 Å². The van der Waals surface area contributed by atoms with Gasteiger partial charge in [0.15, 0.2) is 0 Å². The predicted octanol–water partition coefficient (Wildman–Crippen LogP) is 2.69. The standard InChI is InChI=1S/C20H36N2O4/c1-15(19(23)25-17-9-5-3-6-10-17)21-13-14-22-16(2)20(24)26-18-11-7-4-8-12-18/h15-18,21-22H,3-14H2,1-2H3/t15-,16-/m0/s1. The summed E-state index contributed by atoms with van der Waals surface area (Å²) in [5.74, 6) is -0.358. The highest BCUT2D eigenvalue weighted by atomic mass is 16.5. The van der Waals surface area contributed by atoms with Gasteiger partial charge in [-0.1, -0.05) is 12.8 Å². The van der Waals surface area contributed by atoms with Crippen molar-refractivity contribution in [2.24, 2.45) is 0 Å². The number of hydrogen-bond acceptors (Lipinski definition) is 6. The molecule has 2 rings (SSSR count). The second-order valence-electron chi connectivity index (χ2n) is 7.75. The summed E-state index contributed by atoms with van der Waals surface area (Å²) in [6.45, 7) is 4.85. The van der Waals surface area contributed by atoms with Crippen LogP contribution in [0.15, 0.2) is 0 Å². The predicted molar refractivity (Wildman–Crippen MR) is 101 cm³/mol. The highest BCUT2D eigenvalue weighted by Gasteiger charge is 2.23. The average molecular weight is 369 g/mol. The molecule has 0 aromatic carbocycles. The van der Waals surface area contributed by atoms with Gasteiger partial charge in [0.1, 0.15) is 24.3 Å². The smallest absolute Gasteiger partial charge is 0.323 e. The molecular weight excluding hydrogens is 332 g/mol. The van der Waals surface area contributed by atoms with Crippen LogP contribution in [0.4, 0.5) is 0 Å². The van der Waals surface area contributed by atoms with Crippen LogP contribution < -0.4 is 10.6 Å². The molecular formula is C20H36N2O4. The van der Waals surface area contributed by atoms with Crippen molar-refractivity contribution in [1.82, 2.24) is 10.6 Å². The summed E-state index contributed by atoms with van der Waals surface area (Å²) in [4.78, 5) is 24.2. The molecule has 2 fully saturated rings. The van der Waals surface area contributed by atoms with E-state index in [0.29, 0.717) is 13.1 Å². The van der Waals surface area contributed by atoms with Crippen LogP contribution in [-0.2, 0) is 19.1 Å². The summed E-state index contributed by atoms with van der Waals surface area (Å²) >= 11 is 0. The largest absolute Gasteiger partial charge is 0.461 e. The molecule has 26 heavy (non-hydrogen) atoms. The first-order chi connectivity index (χ1) is 12.6. The molecule has 0 unspecified atom stereocenters. The van der Waals surface area contributed by atoms with Crippen LogP contribution in [0.1, 0.15) is 78.1 Å². The minimum atomic E-state index is -0.330. The molecule has 6 nitrogen and oxygen atoms in total. The number of carbonyl (C=O) groups excluding carboxylic acids is 2. The number of hydrogen-bond donors (Lipinski definition) is 2. The average Bonchev–Trinajstić information content (AvgIpc) is 2.66. The highest BCUT2D eigenvalue weighted by molar-refractivity contribution is 5.76. The Morgan fingerprint density at radius 2 is 1.08 bits per heavy atom. The number of ether oxygens (including phenoxy) is 2. The monoisotopic (exact) mass is 368 g/mol. The summed E-state index contributed by atoms with van der Waals surface area (Å²) in [5.41, 5.74) is 0. The van der Waals surface area contributed by atoms with Crippen molar-refractivity contribution in [1.29, 1.82) is 0 Å². The van der Waals surface area contributed by atoms with Gasteiger partial charge >= 0.3 is 11.9 Å². The molecule has 0 heterocycles. The zero-order chi connectivity index (χ0) is 18.8. The molecule has 0 aliphatic heterocycles. The van der Waals surface area contributed by atoms with E-state index in [1.807, 2.05) is 13.8 Å². The van der Waals surface area contributed by atoms with Crippen molar-refractivity contribution in [3.05, 3.63) is 0 Å². The van der Waals surface area contributed by atoms with Gasteiger partial charge in [-0.25, -0.2) is 0 Å². The molecule has 2 aliphatic carbocycles. The molecule has 0 spiro atoms. The Kier molecular flexibility index (Phi) is 9.40. The molecule has 0 radical (unpaired) electrons. The lowest BCUT2D eigenvalue weighted by atomic mass is 9.98. The number of carbonyl (C=O) groups is 2. The molecule has 2 N–H and O–H groups in total. The van der Waals surface area contributed by atoms with Gasteiger partial charge in [-0.2, -0.15) is 0 Å². The Morgan fingerprint density at radius 1 is 0.731 bits per heavy atom. The SMILES string of the molecule is C[C@H](NCCN[C@@H](C)C(=O)OC1CCCCC1)C(=O)OC1CCCCC1. The van der Waals surface area contributed by atoms with Gasteiger partial charge in [0.05, 0.1) is 0 Å². The lowest BCUT2D eigenvalue weighted by Gasteiger charge is -2.24. The van der Waals surface area contributed by atoms with Crippen LogP contribution in [0.2, 0.25) is 0 Å². The number of rotatable bonds is 9. The van der Waals surface area contributed by atoms with Gasteiger partial charge in [-0.05, 0) is 65.2 Å². The van der Waals surface area contributed by atoms with Crippen molar-refractivity contribution in [2.45, 2.75) is 102 Å². The van der Waals surface area contributed by atoms with E-state index in [1.54, 1.807) is 0 Å². The molecule has 6 heteroatoms. The lowest BCUT2D eigenvalue weighted by molar-refractivity contribution is -0.153. The number of esters is 2. The Morgan fingerprint density at radius 3 is 1.42 bits per heavy atom. The summed E-state index contributed by atoms with van der Waals surface area (Å²) < 4.78 is 11.1. The quantitative estimate of drug-likeness (QED) is 0.481. The summed E-state index contributed by atoms with van der Waals surface area (Å²) in [6.07, 6.45) is 11.2. The molecule has 2 saturated carbocycles. The van der Waals surface area contributed by atoms with Gasteiger partial charge in [0, 0.05) is 13.1 Å². The zero-order valence-corrected chi connectivity index (χ0v) is 16.4. The molecule has 0 aromatic rings. The van der Waals surface area contributed by atoms with Crippen LogP contribution in [0, 0.1) is 0 Å². The fourth-order valence-corrected chi connectivity index (χ4v) is 3.64. The third-order valence-corrected chi connectivity index (χ3v) is 5.40. The molecule has 0 saturated heterocycles. The Balaban J connectivity index is 1.55. The van der Waals surface area contributed by atoms with E-state index < -0.39 is 0 Å². The van der Waals surface area contributed by atoms with E-state index >= 15 is 0 Å². The van der Waals surface area contributed by atoms with Gasteiger partial charge in [-0.15, -0.1) is 0 Å². The van der Waals surface area contributed by atoms with Crippen molar-refractivity contribution >= 4 is 11.9 Å². The third kappa shape index (κ3) is 7.62.